The molecule has 23 heavy (non-hydrogen) atoms. The zero-order chi connectivity index (χ0) is 15.4. The number of halogens is 1. The molecular formula is C16H22ClN3OS2. The molecule has 3 rings (SSSR count). The van der Waals surface area contributed by atoms with E-state index in [1.807, 2.05) is 0 Å². The molecule has 0 radical (unpaired) electrons. The molecule has 0 bridgehead atoms. The van der Waals surface area contributed by atoms with Gasteiger partial charge in [0.15, 0.2) is 0 Å². The van der Waals surface area contributed by atoms with Crippen LogP contribution in [0.25, 0.3) is 0 Å². The van der Waals surface area contributed by atoms with Gasteiger partial charge in [-0.05, 0) is 24.3 Å². The number of carbonyl (C=O) groups excluding carboxylic acids is 1. The number of thiophene rings is 1. The molecule has 0 saturated heterocycles. The standard InChI is InChI=1S/C16H21N3OS2.ClH/c17-9-14-19-12(10-22-14)15(20)18-11-16(6-2-1-3-7-16)13-5-4-8-21-13;/h4-5,8,10H,1-3,6-7,9,11,17H2,(H,18,20);1H. The maximum absolute atomic E-state index is 12.3. The van der Waals surface area contributed by atoms with E-state index in [4.69, 9.17) is 5.73 Å². The van der Waals surface area contributed by atoms with Gasteiger partial charge in [0, 0.05) is 28.8 Å². The van der Waals surface area contributed by atoms with Crippen molar-refractivity contribution in [1.82, 2.24) is 10.3 Å². The molecule has 3 N–H and O–H groups in total. The lowest BCUT2D eigenvalue weighted by molar-refractivity contribution is 0.0932. The lowest BCUT2D eigenvalue weighted by Gasteiger charge is -2.36. The molecule has 1 aliphatic rings. The molecule has 7 heteroatoms. The van der Waals surface area contributed by atoms with Crippen LogP contribution >= 0.6 is 35.1 Å². The molecule has 0 spiro atoms. The first-order valence-corrected chi connectivity index (χ1v) is 9.46. The van der Waals surface area contributed by atoms with E-state index < -0.39 is 0 Å². The van der Waals surface area contributed by atoms with Gasteiger partial charge in [0.05, 0.1) is 0 Å². The Labute approximate surface area is 150 Å². The second-order valence-electron chi connectivity index (χ2n) is 5.83. The van der Waals surface area contributed by atoms with E-state index in [1.165, 1.54) is 35.5 Å². The summed E-state index contributed by atoms with van der Waals surface area (Å²) in [4.78, 5) is 18.0. The average Bonchev–Trinajstić information content (AvgIpc) is 3.24. The maximum Gasteiger partial charge on any atom is 0.270 e. The summed E-state index contributed by atoms with van der Waals surface area (Å²) in [5.41, 5.74) is 6.15. The summed E-state index contributed by atoms with van der Waals surface area (Å²) >= 11 is 3.24. The van der Waals surface area contributed by atoms with Crippen LogP contribution in [0.3, 0.4) is 0 Å². The van der Waals surface area contributed by atoms with Crippen LogP contribution < -0.4 is 11.1 Å². The number of rotatable bonds is 5. The predicted molar refractivity (Wildman–Crippen MR) is 98.7 cm³/mol. The van der Waals surface area contributed by atoms with Crippen LogP contribution in [-0.4, -0.2) is 17.4 Å². The molecule has 4 nitrogen and oxygen atoms in total. The molecule has 1 fully saturated rings. The Kier molecular flexibility index (Phi) is 6.59. The number of hydrogen-bond donors (Lipinski definition) is 2. The molecule has 0 atom stereocenters. The molecule has 1 amide bonds. The lowest BCUT2D eigenvalue weighted by atomic mass is 9.73. The maximum atomic E-state index is 12.3. The molecular weight excluding hydrogens is 350 g/mol. The second-order valence-corrected chi connectivity index (χ2v) is 7.72. The summed E-state index contributed by atoms with van der Waals surface area (Å²) in [7, 11) is 0. The van der Waals surface area contributed by atoms with Gasteiger partial charge in [-0.25, -0.2) is 4.98 Å². The van der Waals surface area contributed by atoms with E-state index in [2.05, 4.69) is 27.8 Å². The number of hydrogen-bond acceptors (Lipinski definition) is 5. The van der Waals surface area contributed by atoms with Gasteiger partial charge >= 0.3 is 0 Å². The Hall–Kier alpha value is -0.950. The van der Waals surface area contributed by atoms with Crippen molar-refractivity contribution in [1.29, 1.82) is 0 Å². The third-order valence-corrected chi connectivity index (χ3v) is 6.39. The first-order chi connectivity index (χ1) is 10.7. The van der Waals surface area contributed by atoms with Gasteiger partial charge in [-0.3, -0.25) is 4.79 Å². The van der Waals surface area contributed by atoms with Crippen molar-refractivity contribution in [3.8, 4) is 0 Å². The number of carbonyl (C=O) groups is 1. The molecule has 0 aromatic carbocycles. The van der Waals surface area contributed by atoms with Crippen LogP contribution in [0.2, 0.25) is 0 Å². The van der Waals surface area contributed by atoms with E-state index in [0.717, 1.165) is 17.8 Å². The van der Waals surface area contributed by atoms with Crippen LogP contribution in [0.5, 0.6) is 0 Å². The van der Waals surface area contributed by atoms with Gasteiger partial charge in [0.1, 0.15) is 10.7 Å². The van der Waals surface area contributed by atoms with Crippen molar-refractivity contribution in [2.24, 2.45) is 5.73 Å². The highest BCUT2D eigenvalue weighted by Gasteiger charge is 2.35. The molecule has 0 unspecified atom stereocenters. The fraction of sp³-hybridized carbons (Fsp3) is 0.500. The monoisotopic (exact) mass is 371 g/mol. The molecule has 0 aliphatic heterocycles. The van der Waals surface area contributed by atoms with Crippen molar-refractivity contribution in [3.05, 3.63) is 38.5 Å². The minimum Gasteiger partial charge on any atom is -0.350 e. The van der Waals surface area contributed by atoms with Crippen LogP contribution in [-0.2, 0) is 12.0 Å². The summed E-state index contributed by atoms with van der Waals surface area (Å²) < 4.78 is 0. The molecule has 2 aromatic rings. The van der Waals surface area contributed by atoms with Crippen LogP contribution in [0.1, 0.15) is 52.5 Å². The van der Waals surface area contributed by atoms with Gasteiger partial charge in [-0.2, -0.15) is 0 Å². The molecule has 1 saturated carbocycles. The number of aromatic nitrogens is 1. The van der Waals surface area contributed by atoms with Crippen molar-refractivity contribution in [2.75, 3.05) is 6.54 Å². The Morgan fingerprint density at radius 2 is 2.09 bits per heavy atom. The largest absolute Gasteiger partial charge is 0.350 e. The van der Waals surface area contributed by atoms with E-state index in [1.54, 1.807) is 16.7 Å². The minimum atomic E-state index is -0.0857. The summed E-state index contributed by atoms with van der Waals surface area (Å²) in [6, 6.07) is 4.31. The van der Waals surface area contributed by atoms with Crippen LogP contribution in [0, 0.1) is 0 Å². The summed E-state index contributed by atoms with van der Waals surface area (Å²) in [5, 5.41) is 7.82. The Balaban J connectivity index is 0.00000192. The second kappa shape index (κ2) is 8.24. The van der Waals surface area contributed by atoms with E-state index in [9.17, 15) is 4.79 Å². The molecule has 2 aromatic heterocycles. The summed E-state index contributed by atoms with van der Waals surface area (Å²) in [6.07, 6.45) is 6.08. The van der Waals surface area contributed by atoms with Crippen molar-refractivity contribution >= 4 is 41.0 Å². The summed E-state index contributed by atoms with van der Waals surface area (Å²) in [6.45, 7) is 1.08. The normalized spacial score (nSPS) is 16.6. The first kappa shape index (κ1) is 18.4. The van der Waals surface area contributed by atoms with E-state index in [-0.39, 0.29) is 23.7 Å². The predicted octanol–water partition coefficient (Wildman–Crippen LogP) is 3.72. The van der Waals surface area contributed by atoms with Gasteiger partial charge < -0.3 is 11.1 Å². The highest BCUT2D eigenvalue weighted by Crippen LogP contribution is 2.41. The molecule has 2 heterocycles. The van der Waals surface area contributed by atoms with E-state index in [0.29, 0.717) is 18.8 Å². The van der Waals surface area contributed by atoms with Crippen molar-refractivity contribution < 1.29 is 4.79 Å². The Morgan fingerprint density at radius 3 is 2.70 bits per heavy atom. The zero-order valence-corrected chi connectivity index (χ0v) is 15.4. The SMILES string of the molecule is Cl.NCc1nc(C(=O)NCC2(c3cccs3)CCCCC2)cs1. The highest BCUT2D eigenvalue weighted by atomic mass is 35.5. The molecule has 126 valence electrons. The average molecular weight is 372 g/mol. The van der Waals surface area contributed by atoms with E-state index >= 15 is 0 Å². The van der Waals surface area contributed by atoms with Crippen molar-refractivity contribution in [3.63, 3.8) is 0 Å². The summed E-state index contributed by atoms with van der Waals surface area (Å²) in [5.74, 6) is -0.0857. The third kappa shape index (κ3) is 4.12. The lowest BCUT2D eigenvalue weighted by Crippen LogP contribution is -2.41. The first-order valence-electron chi connectivity index (χ1n) is 7.70. The smallest absolute Gasteiger partial charge is 0.270 e. The highest BCUT2D eigenvalue weighted by molar-refractivity contribution is 7.10. The fourth-order valence-electron chi connectivity index (χ4n) is 3.17. The number of nitrogens with one attached hydrogen (secondary N) is 1. The Bertz CT molecular complexity index is 621. The van der Waals surface area contributed by atoms with Crippen LogP contribution in [0.15, 0.2) is 22.9 Å². The Morgan fingerprint density at radius 1 is 1.30 bits per heavy atom. The number of thiazole rings is 1. The van der Waals surface area contributed by atoms with Gasteiger partial charge in [0.25, 0.3) is 5.91 Å². The zero-order valence-electron chi connectivity index (χ0n) is 12.9. The van der Waals surface area contributed by atoms with Gasteiger partial charge in [0.2, 0.25) is 0 Å². The van der Waals surface area contributed by atoms with Crippen LogP contribution in [0.4, 0.5) is 0 Å². The topological polar surface area (TPSA) is 68.0 Å². The van der Waals surface area contributed by atoms with Gasteiger partial charge in [-0.15, -0.1) is 35.1 Å². The number of amides is 1. The number of nitrogens with two attached hydrogens (primary N) is 1. The third-order valence-electron chi connectivity index (χ3n) is 4.40. The fourth-order valence-corrected chi connectivity index (χ4v) is 4.81. The van der Waals surface area contributed by atoms with Gasteiger partial charge in [-0.1, -0.05) is 25.3 Å². The van der Waals surface area contributed by atoms with Crippen molar-refractivity contribution in [2.45, 2.75) is 44.1 Å². The number of nitrogens with zero attached hydrogens (tertiary/aromatic N) is 1. The minimum absolute atomic E-state index is 0. The molecule has 1 aliphatic carbocycles. The quantitative estimate of drug-likeness (QED) is 0.841.